The molecule has 2 aromatic heterocycles. The molecule has 0 unspecified atom stereocenters. The quantitative estimate of drug-likeness (QED) is 0.299. The van der Waals surface area contributed by atoms with E-state index in [1.54, 1.807) is 36.4 Å². The number of carbonyl (C=O) groups is 1. The Labute approximate surface area is 186 Å². The number of carbonyl (C=O) groups excluding carboxylic acids is 1. The highest BCUT2D eigenvalue weighted by Gasteiger charge is 2.17. The van der Waals surface area contributed by atoms with E-state index in [1.807, 2.05) is 6.92 Å². The van der Waals surface area contributed by atoms with Gasteiger partial charge in [0.15, 0.2) is 0 Å². The summed E-state index contributed by atoms with van der Waals surface area (Å²) in [6.45, 7) is 1.83. The van der Waals surface area contributed by atoms with Gasteiger partial charge in [-0.3, -0.25) is 9.89 Å². The smallest absolute Gasteiger partial charge is 0.234 e. The Hall–Kier alpha value is -3.37. The molecule has 0 fully saturated rings. The maximum atomic E-state index is 13.1. The summed E-state index contributed by atoms with van der Waals surface area (Å²) < 4.78 is 14.4. The number of rotatable bonds is 6. The molecule has 0 spiro atoms. The second-order valence-electron chi connectivity index (χ2n) is 6.60. The van der Waals surface area contributed by atoms with Gasteiger partial charge in [0.1, 0.15) is 11.5 Å². The third-order valence-corrected chi connectivity index (χ3v) is 5.85. The molecule has 0 aliphatic heterocycles. The van der Waals surface area contributed by atoms with Crippen LogP contribution in [0.15, 0.2) is 53.7 Å². The van der Waals surface area contributed by atoms with Crippen LogP contribution in [0.2, 0.25) is 5.02 Å². The molecule has 0 radical (unpaired) electrons. The van der Waals surface area contributed by atoms with E-state index in [-0.39, 0.29) is 17.5 Å². The lowest BCUT2D eigenvalue weighted by Gasteiger charge is -2.09. The van der Waals surface area contributed by atoms with Crippen molar-refractivity contribution < 1.29 is 9.18 Å². The molecule has 4 aromatic rings. The number of nitrogen functional groups attached to an aromatic ring is 1. The van der Waals surface area contributed by atoms with E-state index < -0.39 is 0 Å². The lowest BCUT2D eigenvalue weighted by Crippen LogP contribution is -2.17. The summed E-state index contributed by atoms with van der Waals surface area (Å²) in [5.74, 6) is 6.01. The largest absolute Gasteiger partial charge is 0.335 e. The van der Waals surface area contributed by atoms with Crippen LogP contribution < -0.4 is 11.2 Å². The van der Waals surface area contributed by atoms with Crippen LogP contribution in [0.1, 0.15) is 5.56 Å². The van der Waals surface area contributed by atoms with E-state index in [0.717, 1.165) is 22.9 Å². The van der Waals surface area contributed by atoms with E-state index in [4.69, 9.17) is 17.4 Å². The number of benzene rings is 2. The summed E-state index contributed by atoms with van der Waals surface area (Å²) in [5, 5.41) is 19.0. The molecule has 31 heavy (non-hydrogen) atoms. The number of nitrogens with one attached hydrogen (secondary N) is 2. The Morgan fingerprint density at radius 3 is 2.81 bits per heavy atom. The van der Waals surface area contributed by atoms with Gasteiger partial charge < -0.3 is 11.2 Å². The first-order valence-electron chi connectivity index (χ1n) is 9.12. The van der Waals surface area contributed by atoms with Crippen molar-refractivity contribution >= 4 is 35.0 Å². The average Bonchev–Trinajstić information content (AvgIpc) is 3.37. The second-order valence-corrected chi connectivity index (χ2v) is 7.95. The van der Waals surface area contributed by atoms with E-state index >= 15 is 0 Å². The number of aromatic amines is 1. The average molecular weight is 458 g/mol. The third kappa shape index (κ3) is 4.54. The molecule has 1 amide bonds. The molecule has 4 N–H and O–H groups in total. The van der Waals surface area contributed by atoms with E-state index in [0.29, 0.717) is 33.1 Å². The summed E-state index contributed by atoms with van der Waals surface area (Å²) in [6.07, 6.45) is 0. The van der Waals surface area contributed by atoms with Gasteiger partial charge in [0.2, 0.25) is 16.9 Å². The van der Waals surface area contributed by atoms with Gasteiger partial charge in [-0.25, -0.2) is 9.07 Å². The van der Waals surface area contributed by atoms with Crippen molar-refractivity contribution in [1.82, 2.24) is 25.1 Å². The number of halogens is 2. The van der Waals surface area contributed by atoms with Crippen LogP contribution in [0.25, 0.3) is 22.8 Å². The zero-order valence-corrected chi connectivity index (χ0v) is 17.8. The summed E-state index contributed by atoms with van der Waals surface area (Å²) in [5.41, 5.74) is 3.35. The monoisotopic (exact) mass is 457 g/mol. The van der Waals surface area contributed by atoms with Crippen molar-refractivity contribution in [2.45, 2.75) is 12.1 Å². The number of aromatic nitrogens is 5. The minimum absolute atomic E-state index is 0.0884. The van der Waals surface area contributed by atoms with Gasteiger partial charge in [-0.2, -0.15) is 5.10 Å². The predicted octanol–water partition coefficient (Wildman–Crippen LogP) is 3.88. The maximum Gasteiger partial charge on any atom is 0.234 e. The van der Waals surface area contributed by atoms with Crippen molar-refractivity contribution in [2.24, 2.45) is 0 Å². The maximum absolute atomic E-state index is 13.1. The SMILES string of the molecule is Cc1c(Cl)cccc1NC(=O)CSc1nnc(-c2cc(-c3ccc(F)cc3)n[nH]2)n1N. The molecule has 158 valence electrons. The van der Waals surface area contributed by atoms with Gasteiger partial charge in [0.25, 0.3) is 0 Å². The zero-order chi connectivity index (χ0) is 22.0. The van der Waals surface area contributed by atoms with E-state index in [1.165, 1.54) is 16.8 Å². The van der Waals surface area contributed by atoms with Crippen LogP contribution in [-0.4, -0.2) is 36.7 Å². The Morgan fingerprint density at radius 2 is 2.03 bits per heavy atom. The first-order chi connectivity index (χ1) is 14.9. The fourth-order valence-electron chi connectivity index (χ4n) is 2.82. The molecular formula is C20H17ClFN7OS. The summed E-state index contributed by atoms with van der Waals surface area (Å²) >= 11 is 7.23. The topological polar surface area (TPSA) is 115 Å². The van der Waals surface area contributed by atoms with Crippen LogP contribution in [0.5, 0.6) is 0 Å². The molecule has 2 aromatic carbocycles. The molecule has 0 atom stereocenters. The Balaban J connectivity index is 1.43. The predicted molar refractivity (Wildman–Crippen MR) is 119 cm³/mol. The molecular weight excluding hydrogens is 441 g/mol. The van der Waals surface area contributed by atoms with Gasteiger partial charge in [-0.15, -0.1) is 10.2 Å². The minimum Gasteiger partial charge on any atom is -0.335 e. The summed E-state index contributed by atoms with van der Waals surface area (Å²) in [4.78, 5) is 12.3. The van der Waals surface area contributed by atoms with Crippen molar-refractivity contribution in [1.29, 1.82) is 0 Å². The fraction of sp³-hybridized carbons (Fsp3) is 0.100. The standard InChI is InChI=1S/C20H17ClFN7OS/c1-11-14(21)3-2-4-15(11)24-18(30)10-31-20-28-27-19(29(20)23)17-9-16(25-26-17)12-5-7-13(22)8-6-12/h2-9H,10,23H2,1H3,(H,24,30)(H,25,26). The minimum atomic E-state index is -0.322. The molecule has 0 bridgehead atoms. The number of nitrogens with two attached hydrogens (primary N) is 1. The lowest BCUT2D eigenvalue weighted by atomic mass is 10.1. The number of hydrogen-bond acceptors (Lipinski definition) is 6. The normalized spacial score (nSPS) is 10.9. The Morgan fingerprint density at radius 1 is 1.26 bits per heavy atom. The second kappa shape index (κ2) is 8.78. The molecule has 0 saturated heterocycles. The van der Waals surface area contributed by atoms with Crippen molar-refractivity contribution in [3.05, 3.63) is 64.9 Å². The first kappa shape index (κ1) is 20.9. The van der Waals surface area contributed by atoms with Gasteiger partial charge in [0.05, 0.1) is 11.4 Å². The van der Waals surface area contributed by atoms with Crippen molar-refractivity contribution in [2.75, 3.05) is 16.9 Å². The fourth-order valence-corrected chi connectivity index (χ4v) is 3.65. The highest BCUT2D eigenvalue weighted by molar-refractivity contribution is 7.99. The number of hydrogen-bond donors (Lipinski definition) is 3. The number of nitrogens with zero attached hydrogens (tertiary/aromatic N) is 4. The van der Waals surface area contributed by atoms with Crippen molar-refractivity contribution in [3.63, 3.8) is 0 Å². The Kier molecular flexibility index (Phi) is 5.92. The number of H-pyrrole nitrogens is 1. The highest BCUT2D eigenvalue weighted by Crippen LogP contribution is 2.26. The van der Waals surface area contributed by atoms with Gasteiger partial charge >= 0.3 is 0 Å². The molecule has 8 nitrogen and oxygen atoms in total. The van der Waals surface area contributed by atoms with Crippen molar-refractivity contribution in [3.8, 4) is 22.8 Å². The van der Waals surface area contributed by atoms with Crippen LogP contribution in [0, 0.1) is 12.7 Å². The van der Waals surface area contributed by atoms with Crippen LogP contribution >= 0.6 is 23.4 Å². The van der Waals surface area contributed by atoms with Gasteiger partial charge in [-0.1, -0.05) is 29.4 Å². The Bertz CT molecular complexity index is 1240. The van der Waals surface area contributed by atoms with Crippen LogP contribution in [0.4, 0.5) is 10.1 Å². The molecule has 2 heterocycles. The molecule has 11 heteroatoms. The van der Waals surface area contributed by atoms with Gasteiger partial charge in [0, 0.05) is 16.3 Å². The molecule has 0 aliphatic rings. The molecule has 0 saturated carbocycles. The van der Waals surface area contributed by atoms with Crippen LogP contribution in [0.3, 0.4) is 0 Å². The summed E-state index contributed by atoms with van der Waals surface area (Å²) in [6, 6.07) is 13.0. The first-order valence-corrected chi connectivity index (χ1v) is 10.5. The van der Waals surface area contributed by atoms with Crippen LogP contribution in [-0.2, 0) is 4.79 Å². The molecule has 0 aliphatic carbocycles. The lowest BCUT2D eigenvalue weighted by molar-refractivity contribution is -0.113. The molecule has 4 rings (SSSR count). The third-order valence-electron chi connectivity index (χ3n) is 4.50. The van der Waals surface area contributed by atoms with E-state index in [9.17, 15) is 9.18 Å². The number of amides is 1. The van der Waals surface area contributed by atoms with E-state index in [2.05, 4.69) is 25.7 Å². The number of anilines is 1. The zero-order valence-electron chi connectivity index (χ0n) is 16.3. The summed E-state index contributed by atoms with van der Waals surface area (Å²) in [7, 11) is 0. The highest BCUT2D eigenvalue weighted by atomic mass is 35.5. The number of thioether (sulfide) groups is 1. The van der Waals surface area contributed by atoms with Gasteiger partial charge in [-0.05, 0) is 55.0 Å².